The van der Waals surface area contributed by atoms with Crippen molar-refractivity contribution in [1.82, 2.24) is 9.55 Å². The van der Waals surface area contributed by atoms with Crippen LogP contribution in [-0.4, -0.2) is 23.3 Å². The molecule has 2 aromatic rings. The summed E-state index contributed by atoms with van der Waals surface area (Å²) < 4.78 is 8.04. The van der Waals surface area contributed by atoms with Crippen LogP contribution in [0, 0.1) is 0 Å². The van der Waals surface area contributed by atoms with Gasteiger partial charge < -0.3 is 14.6 Å². The molecule has 0 aliphatic carbocycles. The largest absolute Gasteiger partial charge is 0.385 e. The monoisotopic (exact) mass is 343 g/mol. The van der Waals surface area contributed by atoms with E-state index in [9.17, 15) is 0 Å². The zero-order valence-electron chi connectivity index (χ0n) is 10.6. The lowest BCUT2D eigenvalue weighted by atomic mass is 10.3. The van der Waals surface area contributed by atoms with Crippen LogP contribution in [0.15, 0.2) is 35.1 Å². The maximum absolute atomic E-state index is 6.18. The molecule has 1 aromatic carbocycles. The SMILES string of the molecule is COCCCn1ccnc1Nc1ccc(Br)cc1Cl. The van der Waals surface area contributed by atoms with Gasteiger partial charge in [0.1, 0.15) is 0 Å². The summed E-state index contributed by atoms with van der Waals surface area (Å²) >= 11 is 9.56. The lowest BCUT2D eigenvalue weighted by Gasteiger charge is -2.11. The summed E-state index contributed by atoms with van der Waals surface area (Å²) in [4.78, 5) is 4.29. The molecule has 0 fully saturated rings. The van der Waals surface area contributed by atoms with E-state index in [0.29, 0.717) is 5.02 Å². The number of nitrogens with zero attached hydrogens (tertiary/aromatic N) is 2. The van der Waals surface area contributed by atoms with Gasteiger partial charge in [-0.2, -0.15) is 0 Å². The molecule has 4 nitrogen and oxygen atoms in total. The Hall–Kier alpha value is -1.04. The first-order chi connectivity index (χ1) is 9.20. The Morgan fingerprint density at radius 2 is 2.32 bits per heavy atom. The fourth-order valence-corrected chi connectivity index (χ4v) is 2.42. The minimum absolute atomic E-state index is 0.654. The van der Waals surface area contributed by atoms with Gasteiger partial charge in [-0.3, -0.25) is 0 Å². The lowest BCUT2D eigenvalue weighted by molar-refractivity contribution is 0.190. The molecule has 0 bridgehead atoms. The minimum atomic E-state index is 0.654. The molecule has 1 aromatic heterocycles. The number of halogens is 2. The van der Waals surface area contributed by atoms with Crippen molar-refractivity contribution in [3.63, 3.8) is 0 Å². The number of ether oxygens (including phenoxy) is 1. The second-order valence-corrected chi connectivity index (χ2v) is 5.36. The van der Waals surface area contributed by atoms with Crippen LogP contribution in [0.3, 0.4) is 0 Å². The molecule has 0 saturated heterocycles. The maximum atomic E-state index is 6.18. The van der Waals surface area contributed by atoms with Gasteiger partial charge in [-0.25, -0.2) is 4.98 Å². The summed E-state index contributed by atoms with van der Waals surface area (Å²) in [5.41, 5.74) is 0.837. The van der Waals surface area contributed by atoms with Crippen LogP contribution in [0.1, 0.15) is 6.42 Å². The molecule has 102 valence electrons. The molecule has 0 unspecified atom stereocenters. The second kappa shape index (κ2) is 6.93. The average molecular weight is 345 g/mol. The highest BCUT2D eigenvalue weighted by atomic mass is 79.9. The van der Waals surface area contributed by atoms with Gasteiger partial charge in [0.25, 0.3) is 0 Å². The van der Waals surface area contributed by atoms with E-state index in [1.165, 1.54) is 0 Å². The summed E-state index contributed by atoms with van der Waals surface area (Å²) in [6.07, 6.45) is 4.64. The van der Waals surface area contributed by atoms with Gasteiger partial charge in [0, 0.05) is 37.1 Å². The zero-order chi connectivity index (χ0) is 13.7. The van der Waals surface area contributed by atoms with E-state index in [1.54, 1.807) is 13.3 Å². The topological polar surface area (TPSA) is 39.1 Å². The van der Waals surface area contributed by atoms with Crippen LogP contribution in [-0.2, 0) is 11.3 Å². The van der Waals surface area contributed by atoms with Crippen LogP contribution < -0.4 is 5.32 Å². The number of aryl methyl sites for hydroxylation is 1. The Morgan fingerprint density at radius 3 is 3.05 bits per heavy atom. The van der Waals surface area contributed by atoms with Crippen LogP contribution in [0.4, 0.5) is 11.6 Å². The van der Waals surface area contributed by atoms with E-state index in [0.717, 1.165) is 35.7 Å². The maximum Gasteiger partial charge on any atom is 0.207 e. The first-order valence-corrected chi connectivity index (χ1v) is 7.10. The first-order valence-electron chi connectivity index (χ1n) is 5.93. The van der Waals surface area contributed by atoms with E-state index in [4.69, 9.17) is 16.3 Å². The first kappa shape index (κ1) is 14.4. The van der Waals surface area contributed by atoms with Crippen LogP contribution in [0.2, 0.25) is 5.02 Å². The zero-order valence-corrected chi connectivity index (χ0v) is 12.9. The van der Waals surface area contributed by atoms with Crippen molar-refractivity contribution in [1.29, 1.82) is 0 Å². The predicted octanol–water partition coefficient (Wildman–Crippen LogP) is 4.08. The smallest absolute Gasteiger partial charge is 0.207 e. The van der Waals surface area contributed by atoms with E-state index < -0.39 is 0 Å². The highest BCUT2D eigenvalue weighted by Crippen LogP contribution is 2.27. The van der Waals surface area contributed by atoms with Gasteiger partial charge >= 0.3 is 0 Å². The quantitative estimate of drug-likeness (QED) is 0.803. The number of hydrogen-bond acceptors (Lipinski definition) is 3. The fraction of sp³-hybridized carbons (Fsp3) is 0.308. The van der Waals surface area contributed by atoms with Crippen molar-refractivity contribution in [3.05, 3.63) is 40.1 Å². The van der Waals surface area contributed by atoms with Gasteiger partial charge in [0.15, 0.2) is 0 Å². The van der Waals surface area contributed by atoms with Gasteiger partial charge in [-0.15, -0.1) is 0 Å². The van der Waals surface area contributed by atoms with Crippen molar-refractivity contribution in [3.8, 4) is 0 Å². The Bertz CT molecular complexity index is 544. The molecular weight excluding hydrogens is 330 g/mol. The third kappa shape index (κ3) is 3.96. The molecule has 6 heteroatoms. The molecule has 19 heavy (non-hydrogen) atoms. The standard InChI is InChI=1S/C13H15BrClN3O/c1-19-8-2-6-18-7-5-16-13(18)17-12-4-3-10(14)9-11(12)15/h3-5,7,9H,2,6,8H2,1H3,(H,16,17). The Morgan fingerprint density at radius 1 is 1.47 bits per heavy atom. The van der Waals surface area contributed by atoms with E-state index in [1.807, 2.05) is 29.0 Å². The molecular formula is C13H15BrClN3O. The van der Waals surface area contributed by atoms with Crippen LogP contribution in [0.5, 0.6) is 0 Å². The van der Waals surface area contributed by atoms with E-state index in [-0.39, 0.29) is 0 Å². The van der Waals surface area contributed by atoms with Crippen molar-refractivity contribution >= 4 is 39.2 Å². The summed E-state index contributed by atoms with van der Waals surface area (Å²) in [7, 11) is 1.70. The summed E-state index contributed by atoms with van der Waals surface area (Å²) in [6, 6.07) is 5.70. The van der Waals surface area contributed by atoms with E-state index in [2.05, 4.69) is 26.2 Å². The third-order valence-electron chi connectivity index (χ3n) is 2.64. The molecule has 1 heterocycles. The van der Waals surface area contributed by atoms with E-state index >= 15 is 0 Å². The Balaban J connectivity index is 2.08. The summed E-state index contributed by atoms with van der Waals surface area (Å²) in [6.45, 7) is 1.58. The summed E-state index contributed by atoms with van der Waals surface area (Å²) in [5, 5.41) is 3.89. The third-order valence-corrected chi connectivity index (χ3v) is 3.45. The molecule has 0 aliphatic heterocycles. The molecule has 0 radical (unpaired) electrons. The highest BCUT2D eigenvalue weighted by molar-refractivity contribution is 9.10. The fourth-order valence-electron chi connectivity index (χ4n) is 1.70. The number of hydrogen-bond donors (Lipinski definition) is 1. The van der Waals surface area contributed by atoms with Gasteiger partial charge in [-0.1, -0.05) is 27.5 Å². The second-order valence-electron chi connectivity index (χ2n) is 4.04. The number of methoxy groups -OCH3 is 1. The van der Waals surface area contributed by atoms with Gasteiger partial charge in [0.2, 0.25) is 5.95 Å². The molecule has 0 aliphatic rings. The van der Waals surface area contributed by atoms with Crippen molar-refractivity contribution in [2.45, 2.75) is 13.0 Å². The van der Waals surface area contributed by atoms with Crippen LogP contribution in [0.25, 0.3) is 0 Å². The molecule has 0 saturated carbocycles. The predicted molar refractivity (Wildman–Crippen MR) is 81.2 cm³/mol. The van der Waals surface area contributed by atoms with Crippen molar-refractivity contribution in [2.24, 2.45) is 0 Å². The number of aromatic nitrogens is 2. The highest BCUT2D eigenvalue weighted by Gasteiger charge is 2.06. The molecule has 0 atom stereocenters. The molecule has 1 N–H and O–H groups in total. The van der Waals surface area contributed by atoms with Crippen LogP contribution >= 0.6 is 27.5 Å². The molecule has 0 spiro atoms. The minimum Gasteiger partial charge on any atom is -0.385 e. The number of imidazole rings is 1. The Kier molecular flexibility index (Phi) is 5.24. The number of nitrogens with one attached hydrogen (secondary N) is 1. The number of anilines is 2. The Labute approximate surface area is 125 Å². The van der Waals surface area contributed by atoms with Crippen molar-refractivity contribution in [2.75, 3.05) is 19.0 Å². The number of rotatable bonds is 6. The lowest BCUT2D eigenvalue weighted by Crippen LogP contribution is -2.05. The average Bonchev–Trinajstić information content (AvgIpc) is 2.81. The molecule has 2 rings (SSSR count). The van der Waals surface area contributed by atoms with Gasteiger partial charge in [0.05, 0.1) is 10.7 Å². The van der Waals surface area contributed by atoms with Gasteiger partial charge in [-0.05, 0) is 24.6 Å². The summed E-state index contributed by atoms with van der Waals surface area (Å²) in [5.74, 6) is 0.778. The molecule has 0 amide bonds. The number of benzene rings is 1. The normalized spacial score (nSPS) is 10.7. The van der Waals surface area contributed by atoms with Crippen molar-refractivity contribution < 1.29 is 4.74 Å².